The highest BCUT2D eigenvalue weighted by Gasteiger charge is 2.35. The number of methoxy groups -OCH3 is 1. The fourth-order valence-electron chi connectivity index (χ4n) is 3.81. The summed E-state index contributed by atoms with van der Waals surface area (Å²) in [5.41, 5.74) is 2.83. The minimum Gasteiger partial charge on any atom is -0.383 e. The van der Waals surface area contributed by atoms with E-state index in [2.05, 4.69) is 17.4 Å². The lowest BCUT2D eigenvalue weighted by molar-refractivity contribution is -0.127. The summed E-state index contributed by atoms with van der Waals surface area (Å²) in [6, 6.07) is 15.1. The number of benzene rings is 2. The molecule has 0 spiro atoms. The number of halogens is 1. The second-order valence-electron chi connectivity index (χ2n) is 7.45. The van der Waals surface area contributed by atoms with Gasteiger partial charge in [0, 0.05) is 30.8 Å². The van der Waals surface area contributed by atoms with Crippen LogP contribution in [0.25, 0.3) is 0 Å². The molecule has 0 bridgehead atoms. The van der Waals surface area contributed by atoms with Crippen molar-refractivity contribution in [3.63, 3.8) is 0 Å². The lowest BCUT2D eigenvalue weighted by Gasteiger charge is -2.39. The number of nitrogens with zero attached hydrogens (tertiary/aromatic N) is 1. The molecule has 2 atom stereocenters. The van der Waals surface area contributed by atoms with Gasteiger partial charge in [0.2, 0.25) is 5.91 Å². The Bertz CT molecular complexity index is 853. The van der Waals surface area contributed by atoms with Gasteiger partial charge in [0.15, 0.2) is 0 Å². The monoisotopic (exact) mass is 414 g/mol. The van der Waals surface area contributed by atoms with E-state index in [9.17, 15) is 9.59 Å². The first-order valence-corrected chi connectivity index (χ1v) is 10.3. The van der Waals surface area contributed by atoms with Crippen molar-refractivity contribution in [2.45, 2.75) is 25.8 Å². The van der Waals surface area contributed by atoms with Gasteiger partial charge < -0.3 is 15.0 Å². The quantitative estimate of drug-likeness (QED) is 0.726. The number of hydrogen-bond donors (Lipinski definition) is 1. The molecule has 29 heavy (non-hydrogen) atoms. The Labute approximate surface area is 177 Å². The summed E-state index contributed by atoms with van der Waals surface area (Å²) in [5.74, 6) is -0.342. The SMILES string of the molecule is COCCNC(=O)[C@@H]1CC[C@H](c2cccc(C)c2)N(C(=O)c2ccc(Cl)cc2)C1. The maximum atomic E-state index is 13.3. The molecule has 1 saturated heterocycles. The van der Waals surface area contributed by atoms with Crippen LogP contribution in [-0.4, -0.2) is 43.5 Å². The fourth-order valence-corrected chi connectivity index (χ4v) is 3.94. The summed E-state index contributed by atoms with van der Waals surface area (Å²) in [7, 11) is 1.60. The Morgan fingerprint density at radius 3 is 2.62 bits per heavy atom. The van der Waals surface area contributed by atoms with Gasteiger partial charge >= 0.3 is 0 Å². The number of hydrogen-bond acceptors (Lipinski definition) is 3. The molecule has 0 aromatic heterocycles. The minimum atomic E-state index is -0.232. The van der Waals surface area contributed by atoms with E-state index < -0.39 is 0 Å². The van der Waals surface area contributed by atoms with Crippen molar-refractivity contribution < 1.29 is 14.3 Å². The molecule has 1 aliphatic rings. The van der Waals surface area contributed by atoms with Gasteiger partial charge in [-0.05, 0) is 49.6 Å². The number of carbonyl (C=O) groups is 2. The fraction of sp³-hybridized carbons (Fsp3) is 0.391. The second-order valence-corrected chi connectivity index (χ2v) is 7.89. The standard InChI is InChI=1S/C23H27ClN2O3/c1-16-4-3-5-18(14-16)21-11-8-19(22(27)25-12-13-29-2)15-26(21)23(28)17-6-9-20(24)10-7-17/h3-7,9-10,14,19,21H,8,11-13,15H2,1-2H3,(H,25,27)/t19-,21-/m1/s1. The van der Waals surface area contributed by atoms with Crippen LogP contribution >= 0.6 is 11.6 Å². The average molecular weight is 415 g/mol. The molecule has 1 aliphatic heterocycles. The predicted octanol–water partition coefficient (Wildman–Crippen LogP) is 4.00. The van der Waals surface area contributed by atoms with Crippen molar-refractivity contribution in [2.24, 2.45) is 5.92 Å². The van der Waals surface area contributed by atoms with Gasteiger partial charge in [-0.2, -0.15) is 0 Å². The number of carbonyl (C=O) groups excluding carboxylic acids is 2. The molecule has 0 saturated carbocycles. The largest absolute Gasteiger partial charge is 0.383 e. The molecule has 154 valence electrons. The Kier molecular flexibility index (Phi) is 7.29. The average Bonchev–Trinajstić information content (AvgIpc) is 2.73. The number of rotatable bonds is 6. The summed E-state index contributed by atoms with van der Waals surface area (Å²) in [5, 5.41) is 3.49. The van der Waals surface area contributed by atoms with Gasteiger partial charge in [0.05, 0.1) is 18.6 Å². The van der Waals surface area contributed by atoms with Crippen molar-refractivity contribution >= 4 is 23.4 Å². The highest BCUT2D eigenvalue weighted by molar-refractivity contribution is 6.30. The summed E-state index contributed by atoms with van der Waals surface area (Å²) < 4.78 is 5.00. The third-order valence-electron chi connectivity index (χ3n) is 5.34. The Balaban J connectivity index is 1.84. The topological polar surface area (TPSA) is 58.6 Å². The first kappa shape index (κ1) is 21.3. The van der Waals surface area contributed by atoms with Crippen molar-refractivity contribution in [1.82, 2.24) is 10.2 Å². The van der Waals surface area contributed by atoms with E-state index in [0.717, 1.165) is 24.0 Å². The van der Waals surface area contributed by atoms with E-state index >= 15 is 0 Å². The van der Waals surface area contributed by atoms with Crippen LogP contribution in [0, 0.1) is 12.8 Å². The molecule has 0 unspecified atom stereocenters. The number of piperidine rings is 1. The van der Waals surface area contributed by atoms with E-state index in [0.29, 0.717) is 30.3 Å². The van der Waals surface area contributed by atoms with Gasteiger partial charge in [-0.3, -0.25) is 9.59 Å². The second kappa shape index (κ2) is 9.90. The normalized spacial score (nSPS) is 19.1. The molecular formula is C23H27ClN2O3. The molecule has 6 heteroatoms. The molecule has 0 aliphatic carbocycles. The molecule has 2 aromatic rings. The van der Waals surface area contributed by atoms with E-state index in [-0.39, 0.29) is 23.8 Å². The van der Waals surface area contributed by atoms with Crippen LogP contribution in [0.4, 0.5) is 0 Å². The van der Waals surface area contributed by atoms with Crippen LogP contribution in [0.15, 0.2) is 48.5 Å². The smallest absolute Gasteiger partial charge is 0.254 e. The van der Waals surface area contributed by atoms with Crippen LogP contribution in [-0.2, 0) is 9.53 Å². The number of aryl methyl sites for hydroxylation is 1. The van der Waals surface area contributed by atoms with Crippen LogP contribution in [0.2, 0.25) is 5.02 Å². The van der Waals surface area contributed by atoms with Gasteiger partial charge in [-0.25, -0.2) is 0 Å². The maximum Gasteiger partial charge on any atom is 0.254 e. The molecule has 1 heterocycles. The molecule has 3 rings (SSSR count). The third kappa shape index (κ3) is 5.37. The summed E-state index contributed by atoms with van der Waals surface area (Å²) in [6.07, 6.45) is 1.48. The summed E-state index contributed by atoms with van der Waals surface area (Å²) in [6.45, 7) is 3.37. The molecular weight excluding hydrogens is 388 g/mol. The lowest BCUT2D eigenvalue weighted by atomic mass is 9.87. The Hall–Kier alpha value is -2.37. The molecule has 0 radical (unpaired) electrons. The zero-order chi connectivity index (χ0) is 20.8. The molecule has 1 N–H and O–H groups in total. The van der Waals surface area contributed by atoms with Crippen molar-refractivity contribution in [1.29, 1.82) is 0 Å². The Morgan fingerprint density at radius 1 is 1.17 bits per heavy atom. The van der Waals surface area contributed by atoms with E-state index in [1.165, 1.54) is 0 Å². The predicted molar refractivity (Wildman–Crippen MR) is 114 cm³/mol. The Morgan fingerprint density at radius 2 is 1.93 bits per heavy atom. The zero-order valence-corrected chi connectivity index (χ0v) is 17.6. The van der Waals surface area contributed by atoms with Gasteiger partial charge in [-0.15, -0.1) is 0 Å². The van der Waals surface area contributed by atoms with Crippen LogP contribution in [0.1, 0.15) is 40.4 Å². The number of amides is 2. The molecule has 2 aromatic carbocycles. The van der Waals surface area contributed by atoms with E-state index in [4.69, 9.17) is 16.3 Å². The van der Waals surface area contributed by atoms with Crippen LogP contribution < -0.4 is 5.32 Å². The zero-order valence-electron chi connectivity index (χ0n) is 16.9. The van der Waals surface area contributed by atoms with Gasteiger partial charge in [-0.1, -0.05) is 41.4 Å². The summed E-state index contributed by atoms with van der Waals surface area (Å²) >= 11 is 5.98. The van der Waals surface area contributed by atoms with E-state index in [1.54, 1.807) is 31.4 Å². The highest BCUT2D eigenvalue weighted by atomic mass is 35.5. The van der Waals surface area contributed by atoms with Crippen molar-refractivity contribution in [3.8, 4) is 0 Å². The van der Waals surface area contributed by atoms with Crippen LogP contribution in [0.5, 0.6) is 0 Å². The summed E-state index contributed by atoms with van der Waals surface area (Å²) in [4.78, 5) is 27.8. The van der Waals surface area contributed by atoms with Crippen LogP contribution in [0.3, 0.4) is 0 Å². The number of nitrogens with one attached hydrogen (secondary N) is 1. The highest BCUT2D eigenvalue weighted by Crippen LogP contribution is 2.35. The van der Waals surface area contributed by atoms with Crippen molar-refractivity contribution in [3.05, 3.63) is 70.2 Å². The lowest BCUT2D eigenvalue weighted by Crippen LogP contribution is -2.47. The molecule has 5 nitrogen and oxygen atoms in total. The number of likely N-dealkylation sites (tertiary alicyclic amines) is 1. The molecule has 2 amide bonds. The minimum absolute atomic E-state index is 0.0290. The maximum absolute atomic E-state index is 13.3. The number of ether oxygens (including phenoxy) is 1. The van der Waals surface area contributed by atoms with Gasteiger partial charge in [0.25, 0.3) is 5.91 Å². The third-order valence-corrected chi connectivity index (χ3v) is 5.59. The first-order chi connectivity index (χ1) is 14.0. The van der Waals surface area contributed by atoms with Crippen molar-refractivity contribution in [2.75, 3.05) is 26.8 Å². The first-order valence-electron chi connectivity index (χ1n) is 9.89. The van der Waals surface area contributed by atoms with E-state index in [1.807, 2.05) is 24.0 Å². The molecule has 1 fully saturated rings. The van der Waals surface area contributed by atoms with Gasteiger partial charge in [0.1, 0.15) is 0 Å².